The zero-order valence-corrected chi connectivity index (χ0v) is 15.4. The Morgan fingerprint density at radius 3 is 2.15 bits per heavy atom. The van der Waals surface area contributed by atoms with Crippen molar-refractivity contribution in [2.75, 3.05) is 32.8 Å². The van der Waals surface area contributed by atoms with Gasteiger partial charge >= 0.3 is 0 Å². The van der Waals surface area contributed by atoms with E-state index in [1.54, 1.807) is 0 Å². The second-order valence-electron chi connectivity index (χ2n) is 7.78. The highest BCUT2D eigenvalue weighted by Gasteiger charge is 2.47. The Hall–Kier alpha value is -1.98. The molecule has 2 fully saturated rings. The van der Waals surface area contributed by atoms with Gasteiger partial charge in [-0.2, -0.15) is 0 Å². The van der Waals surface area contributed by atoms with Gasteiger partial charge in [0.05, 0.1) is 18.5 Å². The molecule has 26 heavy (non-hydrogen) atoms. The van der Waals surface area contributed by atoms with Crippen LogP contribution in [0.25, 0.3) is 0 Å². The third-order valence-electron chi connectivity index (χ3n) is 5.89. The summed E-state index contributed by atoms with van der Waals surface area (Å²) in [4.78, 5) is 31.4. The quantitative estimate of drug-likeness (QED) is 0.614. The number of carbonyl (C=O) groups excluding carboxylic acids is 2. The molecule has 1 aromatic carbocycles. The fraction of sp³-hybridized carbons (Fsp3) is 0.524. The summed E-state index contributed by atoms with van der Waals surface area (Å²) < 4.78 is 0. The zero-order chi connectivity index (χ0) is 18.1. The van der Waals surface area contributed by atoms with Crippen LogP contribution in [0.1, 0.15) is 24.0 Å². The predicted octanol–water partition coefficient (Wildman–Crippen LogP) is 2.02. The predicted molar refractivity (Wildman–Crippen MR) is 100 cm³/mol. The molecule has 2 heterocycles. The van der Waals surface area contributed by atoms with Crippen LogP contribution in [0.15, 0.2) is 36.4 Å². The van der Waals surface area contributed by atoms with E-state index < -0.39 is 0 Å². The van der Waals surface area contributed by atoms with Gasteiger partial charge in [-0.05, 0) is 25.3 Å². The maximum Gasteiger partial charge on any atom is 0.234 e. The van der Waals surface area contributed by atoms with Crippen LogP contribution in [0.4, 0.5) is 0 Å². The number of carbonyl (C=O) groups is 2. The molecule has 0 N–H and O–H groups in total. The number of aryl methyl sites for hydroxylation is 1. The molecule has 0 spiro atoms. The van der Waals surface area contributed by atoms with Gasteiger partial charge in [0.2, 0.25) is 11.8 Å². The van der Waals surface area contributed by atoms with Crippen LogP contribution < -0.4 is 0 Å². The molecule has 2 amide bonds. The largest absolute Gasteiger partial charge is 0.297 e. The second-order valence-corrected chi connectivity index (χ2v) is 7.78. The van der Waals surface area contributed by atoms with E-state index in [-0.39, 0.29) is 23.7 Å². The van der Waals surface area contributed by atoms with E-state index in [4.69, 9.17) is 0 Å². The number of hydrogen-bond donors (Lipinski definition) is 0. The molecular formula is C21H27N3O2. The Morgan fingerprint density at radius 1 is 0.923 bits per heavy atom. The summed E-state index contributed by atoms with van der Waals surface area (Å²) in [5, 5.41) is 0. The molecule has 5 nitrogen and oxygen atoms in total. The summed E-state index contributed by atoms with van der Waals surface area (Å²) in [6, 6.07) is 8.65. The molecule has 0 aromatic heterocycles. The zero-order valence-electron chi connectivity index (χ0n) is 15.4. The number of piperazine rings is 1. The average Bonchev–Trinajstić information content (AvgIpc) is 2.89. The Labute approximate surface area is 155 Å². The summed E-state index contributed by atoms with van der Waals surface area (Å²) in [5.41, 5.74) is 2.64. The van der Waals surface area contributed by atoms with Gasteiger partial charge in [-0.25, -0.2) is 0 Å². The Balaban J connectivity index is 1.30. The van der Waals surface area contributed by atoms with Crippen molar-refractivity contribution in [2.24, 2.45) is 11.8 Å². The van der Waals surface area contributed by atoms with Crippen molar-refractivity contribution in [1.29, 1.82) is 0 Å². The molecule has 0 bridgehead atoms. The molecule has 1 aromatic rings. The Morgan fingerprint density at radius 2 is 1.54 bits per heavy atom. The van der Waals surface area contributed by atoms with Crippen LogP contribution in [-0.2, 0) is 16.1 Å². The Bertz CT molecular complexity index is 696. The molecule has 5 heteroatoms. The van der Waals surface area contributed by atoms with E-state index in [9.17, 15) is 9.59 Å². The fourth-order valence-corrected chi connectivity index (χ4v) is 4.37. The van der Waals surface area contributed by atoms with Crippen molar-refractivity contribution in [2.45, 2.75) is 26.3 Å². The fourth-order valence-electron chi connectivity index (χ4n) is 4.37. The molecule has 138 valence electrons. The molecule has 4 rings (SSSR count). The summed E-state index contributed by atoms with van der Waals surface area (Å²) in [6.07, 6.45) is 5.52. The van der Waals surface area contributed by atoms with Crippen molar-refractivity contribution in [3.8, 4) is 0 Å². The van der Waals surface area contributed by atoms with Crippen molar-refractivity contribution in [1.82, 2.24) is 14.7 Å². The lowest BCUT2D eigenvalue weighted by atomic mass is 9.85. The SMILES string of the molecule is Cc1cccc(CN2CCN(CN3C(=O)[C@@H]4CC=CC[C@H]4C3=O)CC2)c1. The van der Waals surface area contributed by atoms with E-state index in [0.717, 1.165) is 45.6 Å². The summed E-state index contributed by atoms with van der Waals surface area (Å²) in [6.45, 7) is 7.29. The minimum absolute atomic E-state index is 0.0338. The van der Waals surface area contributed by atoms with Gasteiger partial charge in [-0.3, -0.25) is 24.3 Å². The summed E-state index contributed by atoms with van der Waals surface area (Å²) in [5.74, 6) is -0.164. The number of allylic oxidation sites excluding steroid dienone is 2. The maximum atomic E-state index is 12.6. The molecule has 1 aliphatic carbocycles. The number of benzene rings is 1. The van der Waals surface area contributed by atoms with Gasteiger partial charge in [0.15, 0.2) is 0 Å². The van der Waals surface area contributed by atoms with Gasteiger partial charge in [-0.15, -0.1) is 0 Å². The highest BCUT2D eigenvalue weighted by Crippen LogP contribution is 2.35. The lowest BCUT2D eigenvalue weighted by molar-refractivity contribution is -0.142. The normalized spacial score (nSPS) is 27.2. The average molecular weight is 353 g/mol. The highest BCUT2D eigenvalue weighted by molar-refractivity contribution is 6.05. The molecule has 2 aliphatic heterocycles. The van der Waals surface area contributed by atoms with Crippen LogP contribution in [0.2, 0.25) is 0 Å². The van der Waals surface area contributed by atoms with E-state index in [1.807, 2.05) is 12.2 Å². The third-order valence-corrected chi connectivity index (χ3v) is 5.89. The van der Waals surface area contributed by atoms with E-state index >= 15 is 0 Å². The van der Waals surface area contributed by atoms with Gasteiger partial charge < -0.3 is 0 Å². The molecule has 3 aliphatic rings. The van der Waals surface area contributed by atoms with Gasteiger partial charge in [-0.1, -0.05) is 42.0 Å². The highest BCUT2D eigenvalue weighted by atomic mass is 16.2. The van der Waals surface area contributed by atoms with Crippen molar-refractivity contribution in [3.05, 3.63) is 47.5 Å². The monoisotopic (exact) mass is 353 g/mol. The number of amides is 2. The van der Waals surface area contributed by atoms with Crippen LogP contribution in [0, 0.1) is 18.8 Å². The number of rotatable bonds is 4. The lowest BCUT2D eigenvalue weighted by Crippen LogP contribution is -2.51. The van der Waals surface area contributed by atoms with Crippen molar-refractivity contribution in [3.63, 3.8) is 0 Å². The van der Waals surface area contributed by atoms with Gasteiger partial charge in [0.1, 0.15) is 0 Å². The first-order chi connectivity index (χ1) is 12.6. The first-order valence-corrected chi connectivity index (χ1v) is 9.62. The maximum absolute atomic E-state index is 12.6. The molecule has 0 radical (unpaired) electrons. The van der Waals surface area contributed by atoms with Crippen LogP contribution in [0.3, 0.4) is 0 Å². The van der Waals surface area contributed by atoms with Crippen LogP contribution in [-0.4, -0.2) is 59.4 Å². The summed E-state index contributed by atoms with van der Waals surface area (Å²) >= 11 is 0. The number of imide groups is 1. The van der Waals surface area contributed by atoms with Crippen LogP contribution in [0.5, 0.6) is 0 Å². The smallest absolute Gasteiger partial charge is 0.234 e. The van der Waals surface area contributed by atoms with Crippen molar-refractivity contribution < 1.29 is 9.59 Å². The minimum atomic E-state index is -0.116. The molecular weight excluding hydrogens is 326 g/mol. The van der Waals surface area contributed by atoms with Gasteiger partial charge in [0, 0.05) is 32.7 Å². The number of hydrogen-bond acceptors (Lipinski definition) is 4. The van der Waals surface area contributed by atoms with E-state index in [0.29, 0.717) is 6.67 Å². The van der Waals surface area contributed by atoms with Crippen LogP contribution >= 0.6 is 0 Å². The summed E-state index contributed by atoms with van der Waals surface area (Å²) in [7, 11) is 0. The molecule has 2 atom stereocenters. The lowest BCUT2D eigenvalue weighted by Gasteiger charge is -2.36. The van der Waals surface area contributed by atoms with Crippen molar-refractivity contribution >= 4 is 11.8 Å². The number of likely N-dealkylation sites (tertiary alicyclic amines) is 1. The first-order valence-electron chi connectivity index (χ1n) is 9.62. The first kappa shape index (κ1) is 17.4. The molecule has 0 saturated carbocycles. The minimum Gasteiger partial charge on any atom is -0.297 e. The third kappa shape index (κ3) is 3.46. The second kappa shape index (κ2) is 7.33. The Kier molecular flexibility index (Phi) is 4.92. The number of fused-ring (bicyclic) bond motifs is 1. The number of nitrogens with zero attached hydrogens (tertiary/aromatic N) is 3. The standard InChI is InChI=1S/C21H27N3O2/c1-16-5-4-6-17(13-16)14-22-9-11-23(12-10-22)15-24-20(25)18-7-2-3-8-19(18)21(24)26/h2-6,13,18-19H,7-12,14-15H2,1H3/t18-,19-/m1/s1. The van der Waals surface area contributed by atoms with E-state index in [2.05, 4.69) is 41.0 Å². The molecule has 2 saturated heterocycles. The molecule has 0 unspecified atom stereocenters. The van der Waals surface area contributed by atoms with E-state index in [1.165, 1.54) is 16.0 Å². The van der Waals surface area contributed by atoms with Gasteiger partial charge in [0.25, 0.3) is 0 Å². The topological polar surface area (TPSA) is 43.9 Å².